The molecule has 0 fully saturated rings. The molecule has 8 nitrogen and oxygen atoms in total. The van der Waals surface area contributed by atoms with Gasteiger partial charge in [0, 0.05) is 6.42 Å². The zero-order chi connectivity index (χ0) is 27.7. The molecule has 0 spiro atoms. The minimum atomic E-state index is -0.751. The van der Waals surface area contributed by atoms with Gasteiger partial charge in [-0.05, 0) is 104 Å². The number of aliphatic hydroxyl groups is 1. The number of fused-ring (bicyclic) bond motifs is 1. The van der Waals surface area contributed by atoms with Crippen molar-refractivity contribution in [1.29, 1.82) is 0 Å². The lowest BCUT2D eigenvalue weighted by molar-refractivity contribution is 0.0553. The Balaban J connectivity index is 1.28. The lowest BCUT2D eigenvalue weighted by Gasteiger charge is -2.18. The molecule has 1 heterocycles. The molecule has 0 saturated heterocycles. The maximum absolute atomic E-state index is 12.0. The smallest absolute Gasteiger partial charge is 0.440 e. The summed E-state index contributed by atoms with van der Waals surface area (Å²) < 4.78 is 18.2. The van der Waals surface area contributed by atoms with E-state index >= 15 is 0 Å². The summed E-state index contributed by atoms with van der Waals surface area (Å²) in [6, 6.07) is 17.9. The van der Waals surface area contributed by atoms with Gasteiger partial charge in [-0.25, -0.2) is 14.6 Å². The fraction of sp³-hybridized carbons (Fsp3) is 0.355. The molecule has 39 heavy (non-hydrogen) atoms. The first-order valence-corrected chi connectivity index (χ1v) is 13.2. The molecule has 204 valence electrons. The van der Waals surface area contributed by atoms with Gasteiger partial charge >= 0.3 is 11.4 Å². The van der Waals surface area contributed by atoms with E-state index in [4.69, 9.17) is 14.0 Å². The summed E-state index contributed by atoms with van der Waals surface area (Å²) in [5, 5.41) is 9.90. The predicted molar refractivity (Wildman–Crippen MR) is 149 cm³/mol. The van der Waals surface area contributed by atoms with Gasteiger partial charge in [0.2, 0.25) is 0 Å². The number of aromatic nitrogens is 2. The van der Waals surface area contributed by atoms with Gasteiger partial charge in [-0.1, -0.05) is 30.3 Å². The second-order valence-electron chi connectivity index (χ2n) is 10.8. The summed E-state index contributed by atoms with van der Waals surface area (Å²) in [4.78, 5) is 25.6. The molecule has 5 rings (SSSR count). The molecule has 1 aliphatic rings. The highest BCUT2D eigenvalue weighted by molar-refractivity contribution is 5.72. The highest BCUT2D eigenvalue weighted by atomic mass is 16.5. The van der Waals surface area contributed by atoms with Gasteiger partial charge in [0.25, 0.3) is 0 Å². The van der Waals surface area contributed by atoms with Gasteiger partial charge in [0.1, 0.15) is 18.1 Å². The largest absolute Gasteiger partial charge is 0.493 e. The minimum absolute atomic E-state index is 0.291. The number of aryl methyl sites for hydroxylation is 2. The van der Waals surface area contributed by atoms with Crippen molar-refractivity contribution < 1.29 is 19.1 Å². The molecule has 4 aromatic rings. The van der Waals surface area contributed by atoms with E-state index in [1.54, 1.807) is 13.8 Å². The van der Waals surface area contributed by atoms with E-state index in [0.29, 0.717) is 26.1 Å². The first-order valence-electron chi connectivity index (χ1n) is 13.2. The van der Waals surface area contributed by atoms with E-state index in [1.807, 2.05) is 36.4 Å². The van der Waals surface area contributed by atoms with Gasteiger partial charge in [0.15, 0.2) is 0 Å². The third kappa shape index (κ3) is 5.86. The molecule has 8 heteroatoms. The summed E-state index contributed by atoms with van der Waals surface area (Å²) in [7, 11) is 0. The molecule has 3 aromatic carbocycles. The number of H-pyrrole nitrogens is 1. The van der Waals surface area contributed by atoms with E-state index < -0.39 is 17.0 Å². The molecule has 0 radical (unpaired) electrons. The Bertz CT molecular complexity index is 1600. The van der Waals surface area contributed by atoms with Gasteiger partial charge in [-0.3, -0.25) is 0 Å². The van der Waals surface area contributed by atoms with Gasteiger partial charge in [-0.2, -0.15) is 0 Å². The Labute approximate surface area is 226 Å². The van der Waals surface area contributed by atoms with Crippen LogP contribution >= 0.6 is 0 Å². The number of hydrogen-bond acceptors (Lipinski definition) is 6. The van der Waals surface area contributed by atoms with Crippen LogP contribution in [-0.2, 0) is 13.0 Å². The Kier molecular flexibility index (Phi) is 7.23. The SMILES string of the molecule is Cc1cc(OCCC(C)(C)O)ccc1-c1cccc(COc2ccc3c(c2)CCC3n2oc(=O)[nH]c2=O)c1C. The van der Waals surface area contributed by atoms with Crippen LogP contribution in [0.25, 0.3) is 11.1 Å². The highest BCUT2D eigenvalue weighted by Gasteiger charge is 2.27. The molecule has 0 amide bonds. The normalized spacial score (nSPS) is 14.8. The molecule has 1 atom stereocenters. The highest BCUT2D eigenvalue weighted by Crippen LogP contribution is 2.36. The molecule has 0 bridgehead atoms. The quantitative estimate of drug-likeness (QED) is 0.313. The third-order valence-electron chi connectivity index (χ3n) is 7.34. The van der Waals surface area contributed by atoms with E-state index in [2.05, 4.69) is 37.0 Å². The molecular weight excluding hydrogens is 496 g/mol. The number of nitrogens with one attached hydrogen (secondary N) is 1. The van der Waals surface area contributed by atoms with Crippen LogP contribution < -0.4 is 20.9 Å². The van der Waals surface area contributed by atoms with Crippen LogP contribution in [-0.4, -0.2) is 27.0 Å². The average Bonchev–Trinajstić information content (AvgIpc) is 3.44. The first kappa shape index (κ1) is 26.6. The molecule has 2 N–H and O–H groups in total. The fourth-order valence-electron chi connectivity index (χ4n) is 5.15. The lowest BCUT2D eigenvalue weighted by atomic mass is 9.93. The summed E-state index contributed by atoms with van der Waals surface area (Å²) in [6.07, 6.45) is 2.01. The predicted octanol–water partition coefficient (Wildman–Crippen LogP) is 5.07. The zero-order valence-electron chi connectivity index (χ0n) is 22.7. The molecule has 0 saturated carbocycles. The number of rotatable bonds is 9. The monoisotopic (exact) mass is 530 g/mol. The number of aromatic amines is 1. The Morgan fingerprint density at radius 2 is 1.79 bits per heavy atom. The number of nitrogens with zero attached hydrogens (tertiary/aromatic N) is 1. The van der Waals surface area contributed by atoms with E-state index in [1.165, 1.54) is 0 Å². The summed E-state index contributed by atoms with van der Waals surface area (Å²) in [5.41, 5.74) is 6.41. The van der Waals surface area contributed by atoms with Crippen LogP contribution in [0.2, 0.25) is 0 Å². The molecule has 1 aromatic heterocycles. The number of benzene rings is 3. The van der Waals surface area contributed by atoms with Crippen molar-refractivity contribution in [3.05, 3.63) is 103 Å². The van der Waals surface area contributed by atoms with Crippen molar-refractivity contribution in [2.24, 2.45) is 0 Å². The number of ether oxygens (including phenoxy) is 2. The van der Waals surface area contributed by atoms with Gasteiger partial charge in [0.05, 0.1) is 18.2 Å². The van der Waals surface area contributed by atoms with Crippen molar-refractivity contribution in [2.45, 2.75) is 65.2 Å². The molecule has 0 aliphatic heterocycles. The second kappa shape index (κ2) is 10.6. The third-order valence-corrected chi connectivity index (χ3v) is 7.34. The van der Waals surface area contributed by atoms with Crippen molar-refractivity contribution in [3.8, 4) is 22.6 Å². The average molecular weight is 531 g/mol. The Morgan fingerprint density at radius 3 is 2.51 bits per heavy atom. The van der Waals surface area contributed by atoms with Crippen molar-refractivity contribution in [1.82, 2.24) is 9.72 Å². The molecule has 1 aliphatic carbocycles. The topological polar surface area (TPSA) is 107 Å². The van der Waals surface area contributed by atoms with E-state index in [9.17, 15) is 14.7 Å². The standard InChI is InChI=1S/C31H34N2O6/c1-19-16-23(37-15-14-31(3,4)36)9-11-25(19)26-7-5-6-22(20(26)2)18-38-24-10-12-27-21(17-24)8-13-28(27)33-29(34)32-30(35)39-33/h5-7,9-12,16-17,28,36H,8,13-15,18H2,1-4H3,(H,32,34,35). The second-order valence-corrected chi connectivity index (χ2v) is 10.8. The molecule has 1 unspecified atom stereocenters. The van der Waals surface area contributed by atoms with Crippen LogP contribution in [0.5, 0.6) is 11.5 Å². The lowest BCUT2D eigenvalue weighted by Crippen LogP contribution is -2.21. The van der Waals surface area contributed by atoms with E-state index in [-0.39, 0.29) is 6.04 Å². The van der Waals surface area contributed by atoms with Gasteiger partial charge < -0.3 is 19.1 Å². The van der Waals surface area contributed by atoms with Crippen LogP contribution in [0.15, 0.2) is 68.7 Å². The van der Waals surface area contributed by atoms with E-state index in [0.717, 1.165) is 61.6 Å². The first-order chi connectivity index (χ1) is 18.6. The summed E-state index contributed by atoms with van der Waals surface area (Å²) in [5.74, 6) is 0.804. The summed E-state index contributed by atoms with van der Waals surface area (Å²) >= 11 is 0. The maximum atomic E-state index is 12.0. The summed E-state index contributed by atoms with van der Waals surface area (Å²) in [6.45, 7) is 8.62. The minimum Gasteiger partial charge on any atom is -0.493 e. The van der Waals surface area contributed by atoms with Crippen molar-refractivity contribution >= 4 is 0 Å². The Morgan fingerprint density at radius 1 is 1.03 bits per heavy atom. The van der Waals surface area contributed by atoms with Crippen LogP contribution in [0.3, 0.4) is 0 Å². The van der Waals surface area contributed by atoms with Gasteiger partial charge in [-0.15, -0.1) is 4.74 Å². The maximum Gasteiger partial charge on any atom is 0.440 e. The number of hydrogen-bond donors (Lipinski definition) is 2. The fourth-order valence-corrected chi connectivity index (χ4v) is 5.15. The molecular formula is C31H34N2O6. The van der Waals surface area contributed by atoms with Crippen LogP contribution in [0.4, 0.5) is 0 Å². The van der Waals surface area contributed by atoms with Crippen molar-refractivity contribution in [3.63, 3.8) is 0 Å². The van der Waals surface area contributed by atoms with Crippen LogP contribution in [0, 0.1) is 13.8 Å². The van der Waals surface area contributed by atoms with Crippen molar-refractivity contribution in [2.75, 3.05) is 6.61 Å². The Hall–Kier alpha value is -4.04. The zero-order valence-corrected chi connectivity index (χ0v) is 22.7. The van der Waals surface area contributed by atoms with Crippen LogP contribution in [0.1, 0.15) is 60.5 Å².